The molecule has 23 heavy (non-hydrogen) atoms. The summed E-state index contributed by atoms with van der Waals surface area (Å²) in [6, 6.07) is 2.99. The molecule has 1 aromatic rings. The van der Waals surface area contributed by atoms with E-state index < -0.39 is 29.7 Å². The fourth-order valence-electron chi connectivity index (χ4n) is 2.97. The fourth-order valence-corrected chi connectivity index (χ4v) is 2.97. The normalized spacial score (nSPS) is 24.3. The molecule has 1 saturated heterocycles. The Balaban J connectivity index is 2.06. The van der Waals surface area contributed by atoms with Gasteiger partial charge in [-0.25, -0.2) is 4.39 Å². The van der Waals surface area contributed by atoms with E-state index in [1.165, 1.54) is 6.07 Å². The molecule has 1 fully saturated rings. The summed E-state index contributed by atoms with van der Waals surface area (Å²) < 4.78 is 26.5. The predicted octanol–water partition coefficient (Wildman–Crippen LogP) is 2.54. The Bertz CT molecular complexity index is 683. The highest BCUT2D eigenvalue weighted by molar-refractivity contribution is 6.62. The first-order valence-electron chi connectivity index (χ1n) is 7.86. The highest BCUT2D eigenvalue weighted by atomic mass is 19.1. The topological polar surface area (TPSA) is 38.8 Å². The minimum atomic E-state index is -0.780. The fraction of sp³-hybridized carbons (Fsp3) is 0.588. The molecule has 2 aliphatic heterocycles. The summed E-state index contributed by atoms with van der Waals surface area (Å²) in [5.41, 5.74) is -0.293. The number of ketones is 1. The lowest BCUT2D eigenvalue weighted by atomic mass is 9.77. The van der Waals surface area contributed by atoms with Crippen LogP contribution in [0.25, 0.3) is 0 Å². The maximum Gasteiger partial charge on any atom is 0.497 e. The van der Waals surface area contributed by atoms with Gasteiger partial charge in [0.1, 0.15) is 5.82 Å². The number of Topliss-reactive ketones (excluding diaryl/α,β-unsaturated/α-hetero) is 1. The molecule has 0 saturated carbocycles. The summed E-state index contributed by atoms with van der Waals surface area (Å²) >= 11 is 0. The summed E-state index contributed by atoms with van der Waals surface area (Å²) in [5.74, 6) is -0.545. The summed E-state index contributed by atoms with van der Waals surface area (Å²) in [6.07, 6.45) is 0. The number of carbonyl (C=O) groups excluding carboxylic acids is 1. The van der Waals surface area contributed by atoms with Crippen LogP contribution in [0.1, 0.15) is 51.9 Å². The van der Waals surface area contributed by atoms with Crippen molar-refractivity contribution < 1.29 is 18.5 Å². The molecule has 0 spiro atoms. The van der Waals surface area contributed by atoms with E-state index in [9.17, 15) is 9.18 Å². The Labute approximate surface area is 137 Å². The highest BCUT2D eigenvalue weighted by Gasteiger charge is 2.53. The monoisotopic (exact) mass is 319 g/mol. The Morgan fingerprint density at radius 2 is 1.57 bits per heavy atom. The zero-order chi connectivity index (χ0) is 17.4. The third-order valence-corrected chi connectivity index (χ3v) is 5.62. The third kappa shape index (κ3) is 2.15. The van der Waals surface area contributed by atoms with Crippen molar-refractivity contribution in [3.63, 3.8) is 0 Å². The van der Waals surface area contributed by atoms with Crippen LogP contribution in [0, 0.1) is 5.82 Å². The van der Waals surface area contributed by atoms with Crippen LogP contribution in [0.15, 0.2) is 12.1 Å². The van der Waals surface area contributed by atoms with Gasteiger partial charge in [-0.3, -0.25) is 4.79 Å². The maximum absolute atomic E-state index is 14.6. The zero-order valence-corrected chi connectivity index (χ0v) is 14.8. The van der Waals surface area contributed by atoms with Gasteiger partial charge in [0.15, 0.2) is 5.78 Å². The lowest BCUT2D eigenvalue weighted by Crippen LogP contribution is -2.42. The number of nitrogens with zero attached hydrogens (tertiary/aromatic N) is 1. The number of carbonyl (C=O) groups is 1. The van der Waals surface area contributed by atoms with Crippen LogP contribution in [0.2, 0.25) is 0 Å². The van der Waals surface area contributed by atoms with E-state index in [0.717, 1.165) is 0 Å². The lowest BCUT2D eigenvalue weighted by molar-refractivity contribution is 0.00578. The van der Waals surface area contributed by atoms with Crippen molar-refractivity contribution in [1.29, 1.82) is 0 Å². The highest BCUT2D eigenvalue weighted by Crippen LogP contribution is 2.39. The predicted molar refractivity (Wildman–Crippen MR) is 88.9 cm³/mol. The van der Waals surface area contributed by atoms with Gasteiger partial charge in [0.2, 0.25) is 0 Å². The number of rotatable bonds is 1. The minimum Gasteiger partial charge on any atom is -0.399 e. The molecule has 0 amide bonds. The SMILES string of the molecule is CN1c2cc(B3OC(C)(C)C(C)(C)O3)c(F)cc2C(=O)C1(C)C. The van der Waals surface area contributed by atoms with Crippen molar-refractivity contribution in [1.82, 2.24) is 0 Å². The summed E-state index contributed by atoms with van der Waals surface area (Å²) in [5, 5.41) is 0. The molecule has 124 valence electrons. The van der Waals surface area contributed by atoms with Crippen molar-refractivity contribution in [2.24, 2.45) is 0 Å². The maximum atomic E-state index is 14.6. The Morgan fingerprint density at radius 1 is 1.04 bits per heavy atom. The molecule has 0 bridgehead atoms. The standard InChI is InChI=1S/C17H23BFNO3/c1-15(2)14(21)10-8-12(19)11(9-13(10)20(15)7)18-22-16(3,4)17(5,6)23-18/h8-9H,1-7H3. The van der Waals surface area contributed by atoms with Crippen molar-refractivity contribution in [3.05, 3.63) is 23.5 Å². The van der Waals surface area contributed by atoms with Gasteiger partial charge in [-0.05, 0) is 53.7 Å². The van der Waals surface area contributed by atoms with E-state index in [1.807, 2.05) is 53.5 Å². The van der Waals surface area contributed by atoms with Crippen LogP contribution in [-0.4, -0.2) is 36.7 Å². The first-order chi connectivity index (χ1) is 10.4. The summed E-state index contributed by atoms with van der Waals surface area (Å²) in [6.45, 7) is 11.4. The second-order valence-corrected chi connectivity index (χ2v) is 7.93. The molecule has 0 aromatic heterocycles. The average Bonchev–Trinajstić information content (AvgIpc) is 2.73. The summed E-state index contributed by atoms with van der Waals surface area (Å²) in [7, 11) is 1.06. The van der Waals surface area contributed by atoms with E-state index in [1.54, 1.807) is 6.07 Å². The Kier molecular flexibility index (Phi) is 3.27. The van der Waals surface area contributed by atoms with Crippen LogP contribution in [0.3, 0.4) is 0 Å². The van der Waals surface area contributed by atoms with Crippen LogP contribution in [-0.2, 0) is 9.31 Å². The van der Waals surface area contributed by atoms with Crippen molar-refractivity contribution in [2.45, 2.75) is 58.3 Å². The molecule has 2 aliphatic rings. The summed E-state index contributed by atoms with van der Waals surface area (Å²) in [4.78, 5) is 14.3. The van der Waals surface area contributed by atoms with Gasteiger partial charge in [-0.2, -0.15) is 0 Å². The molecule has 3 rings (SSSR count). The first kappa shape index (κ1) is 16.5. The molecular formula is C17H23BFNO3. The molecule has 0 aliphatic carbocycles. The Morgan fingerprint density at radius 3 is 2.09 bits per heavy atom. The molecule has 0 unspecified atom stereocenters. The van der Waals surface area contributed by atoms with E-state index in [-0.39, 0.29) is 5.78 Å². The number of hydrogen-bond donors (Lipinski definition) is 0. The van der Waals surface area contributed by atoms with E-state index in [0.29, 0.717) is 16.7 Å². The van der Waals surface area contributed by atoms with Crippen LogP contribution < -0.4 is 10.4 Å². The van der Waals surface area contributed by atoms with Gasteiger partial charge < -0.3 is 14.2 Å². The number of likely N-dealkylation sites (N-methyl/N-ethyl adjacent to an activating group) is 1. The van der Waals surface area contributed by atoms with Gasteiger partial charge in [-0.15, -0.1) is 0 Å². The molecule has 1 aromatic carbocycles. The molecule has 2 heterocycles. The molecule has 4 nitrogen and oxygen atoms in total. The van der Waals surface area contributed by atoms with Crippen LogP contribution >= 0.6 is 0 Å². The van der Waals surface area contributed by atoms with Crippen molar-refractivity contribution >= 4 is 24.1 Å². The number of halogens is 1. The molecular weight excluding hydrogens is 296 g/mol. The van der Waals surface area contributed by atoms with Gasteiger partial charge in [0.05, 0.1) is 16.7 Å². The van der Waals surface area contributed by atoms with Crippen LogP contribution in [0.5, 0.6) is 0 Å². The quantitative estimate of drug-likeness (QED) is 0.746. The number of benzene rings is 1. The average molecular weight is 319 g/mol. The largest absolute Gasteiger partial charge is 0.497 e. The smallest absolute Gasteiger partial charge is 0.399 e. The minimum absolute atomic E-state index is 0.0747. The Hall–Kier alpha value is -1.40. The molecule has 0 atom stereocenters. The number of fused-ring (bicyclic) bond motifs is 1. The second-order valence-electron chi connectivity index (χ2n) is 7.93. The molecule has 6 heteroatoms. The number of anilines is 1. The first-order valence-corrected chi connectivity index (χ1v) is 7.86. The van der Waals surface area contributed by atoms with Gasteiger partial charge in [0.25, 0.3) is 0 Å². The van der Waals surface area contributed by atoms with Gasteiger partial charge in [0, 0.05) is 23.8 Å². The molecule has 0 radical (unpaired) electrons. The number of hydrogen-bond acceptors (Lipinski definition) is 4. The van der Waals surface area contributed by atoms with E-state index in [4.69, 9.17) is 9.31 Å². The van der Waals surface area contributed by atoms with E-state index >= 15 is 0 Å². The third-order valence-electron chi connectivity index (χ3n) is 5.62. The lowest BCUT2D eigenvalue weighted by Gasteiger charge is -2.32. The second kappa shape index (κ2) is 4.58. The van der Waals surface area contributed by atoms with Gasteiger partial charge >= 0.3 is 7.12 Å². The van der Waals surface area contributed by atoms with E-state index in [2.05, 4.69) is 0 Å². The zero-order valence-electron chi connectivity index (χ0n) is 14.8. The van der Waals surface area contributed by atoms with Crippen LogP contribution in [0.4, 0.5) is 10.1 Å². The molecule has 0 N–H and O–H groups in total. The van der Waals surface area contributed by atoms with Crippen molar-refractivity contribution in [2.75, 3.05) is 11.9 Å². The van der Waals surface area contributed by atoms with Crippen molar-refractivity contribution in [3.8, 4) is 0 Å². The van der Waals surface area contributed by atoms with Gasteiger partial charge in [-0.1, -0.05) is 0 Å².